The number of aromatic nitrogens is 4. The van der Waals surface area contributed by atoms with E-state index >= 15 is 0 Å². The first kappa shape index (κ1) is 17.7. The van der Waals surface area contributed by atoms with E-state index in [1.807, 2.05) is 61.5 Å². The molecule has 1 aliphatic heterocycles. The van der Waals surface area contributed by atoms with Crippen LogP contribution < -0.4 is 10.1 Å². The normalized spacial score (nSPS) is 15.6. The zero-order valence-electron chi connectivity index (χ0n) is 15.5. The Morgan fingerprint density at radius 3 is 2.61 bits per heavy atom. The van der Waals surface area contributed by atoms with Crippen molar-refractivity contribution >= 4 is 11.9 Å². The number of esters is 1. The molecule has 0 aliphatic carbocycles. The van der Waals surface area contributed by atoms with Crippen LogP contribution in [-0.2, 0) is 16.1 Å². The van der Waals surface area contributed by atoms with E-state index in [4.69, 9.17) is 9.47 Å². The number of hydrogen-bond acceptors (Lipinski definition) is 7. The van der Waals surface area contributed by atoms with E-state index in [0.717, 1.165) is 16.9 Å². The van der Waals surface area contributed by atoms with E-state index < -0.39 is 12.0 Å². The van der Waals surface area contributed by atoms with Gasteiger partial charge in [0.2, 0.25) is 5.95 Å². The minimum absolute atomic E-state index is 0.189. The first-order chi connectivity index (χ1) is 13.7. The average molecular weight is 377 g/mol. The molecule has 2 heterocycles. The molecule has 3 aromatic rings. The molecule has 1 N–H and O–H groups in total. The zero-order chi connectivity index (χ0) is 19.5. The highest BCUT2D eigenvalue weighted by atomic mass is 16.5. The maximum Gasteiger partial charge on any atom is 0.338 e. The van der Waals surface area contributed by atoms with Crippen LogP contribution in [0.2, 0.25) is 0 Å². The van der Waals surface area contributed by atoms with Crippen molar-refractivity contribution in [3.8, 4) is 5.75 Å². The van der Waals surface area contributed by atoms with Gasteiger partial charge in [-0.1, -0.05) is 47.6 Å². The SMILES string of the molecule is COc1ccc(C2C(C(=O)OCc3ccccc3)=C(C)Nc3nnnn32)cc1. The minimum Gasteiger partial charge on any atom is -0.497 e. The Bertz CT molecular complexity index is 1010. The van der Waals surface area contributed by atoms with Crippen molar-refractivity contribution in [2.24, 2.45) is 0 Å². The number of tetrazole rings is 1. The van der Waals surface area contributed by atoms with E-state index in [2.05, 4.69) is 20.8 Å². The van der Waals surface area contributed by atoms with Crippen molar-refractivity contribution in [1.29, 1.82) is 0 Å². The average Bonchev–Trinajstić information content (AvgIpc) is 3.20. The number of hydrogen-bond donors (Lipinski definition) is 1. The van der Waals surface area contributed by atoms with Gasteiger partial charge in [0.25, 0.3) is 0 Å². The predicted molar refractivity (Wildman–Crippen MR) is 102 cm³/mol. The van der Waals surface area contributed by atoms with Gasteiger partial charge < -0.3 is 14.8 Å². The number of ether oxygens (including phenoxy) is 2. The Labute approximate surface area is 161 Å². The van der Waals surface area contributed by atoms with E-state index in [-0.39, 0.29) is 6.61 Å². The van der Waals surface area contributed by atoms with Crippen molar-refractivity contribution in [1.82, 2.24) is 20.2 Å². The van der Waals surface area contributed by atoms with Gasteiger partial charge in [-0.15, -0.1) is 0 Å². The molecule has 0 spiro atoms. The van der Waals surface area contributed by atoms with Crippen LogP contribution in [-0.4, -0.2) is 33.3 Å². The van der Waals surface area contributed by atoms with Crippen LogP contribution in [0, 0.1) is 0 Å². The van der Waals surface area contributed by atoms with Gasteiger partial charge in [0.05, 0.1) is 12.7 Å². The Hall–Kier alpha value is -3.68. The molecule has 0 amide bonds. The molecule has 28 heavy (non-hydrogen) atoms. The highest BCUT2D eigenvalue weighted by Crippen LogP contribution is 2.35. The number of benzene rings is 2. The second kappa shape index (κ2) is 7.51. The molecule has 0 radical (unpaired) electrons. The second-order valence-corrected chi connectivity index (χ2v) is 6.35. The molecule has 0 bridgehead atoms. The lowest BCUT2D eigenvalue weighted by Gasteiger charge is -2.27. The standard InChI is InChI=1S/C20H19N5O3/c1-13-17(19(26)28-12-14-6-4-3-5-7-14)18(25-20(21-13)22-23-24-25)15-8-10-16(27-2)11-9-15/h3-11,18H,12H2,1-2H3,(H,21,22,24). The van der Waals surface area contributed by atoms with Crippen molar-refractivity contribution < 1.29 is 14.3 Å². The lowest BCUT2D eigenvalue weighted by atomic mass is 9.96. The van der Waals surface area contributed by atoms with Gasteiger partial charge in [-0.05, 0) is 40.6 Å². The Morgan fingerprint density at radius 2 is 1.89 bits per heavy atom. The number of carbonyl (C=O) groups is 1. The quantitative estimate of drug-likeness (QED) is 0.684. The summed E-state index contributed by atoms with van der Waals surface area (Å²) in [4.78, 5) is 13.0. The molecule has 4 rings (SSSR count). The molecule has 8 nitrogen and oxygen atoms in total. The summed E-state index contributed by atoms with van der Waals surface area (Å²) in [6.45, 7) is 2.00. The number of nitrogens with one attached hydrogen (secondary N) is 1. The summed E-state index contributed by atoms with van der Waals surface area (Å²) in [6, 6.07) is 16.5. The van der Waals surface area contributed by atoms with Crippen molar-refractivity contribution in [2.75, 3.05) is 12.4 Å². The van der Waals surface area contributed by atoms with E-state index in [1.54, 1.807) is 11.8 Å². The lowest BCUT2D eigenvalue weighted by molar-refractivity contribution is -0.140. The Balaban J connectivity index is 1.67. The van der Waals surface area contributed by atoms with Gasteiger partial charge >= 0.3 is 5.97 Å². The van der Waals surface area contributed by atoms with Crippen LogP contribution in [0.15, 0.2) is 65.9 Å². The molecule has 142 valence electrons. The summed E-state index contributed by atoms with van der Waals surface area (Å²) >= 11 is 0. The largest absolute Gasteiger partial charge is 0.497 e. The summed E-state index contributed by atoms with van der Waals surface area (Å²) in [6.07, 6.45) is 0. The molecular formula is C20H19N5O3. The topological polar surface area (TPSA) is 91.2 Å². The summed E-state index contributed by atoms with van der Waals surface area (Å²) in [5.41, 5.74) is 2.88. The van der Waals surface area contributed by atoms with Crippen LogP contribution >= 0.6 is 0 Å². The van der Waals surface area contributed by atoms with Gasteiger partial charge in [0.1, 0.15) is 18.4 Å². The summed E-state index contributed by atoms with van der Waals surface area (Å²) in [5.74, 6) is 0.775. The highest BCUT2D eigenvalue weighted by molar-refractivity contribution is 5.92. The third-order valence-electron chi connectivity index (χ3n) is 4.58. The maximum absolute atomic E-state index is 13.0. The number of fused-ring (bicyclic) bond motifs is 1. The van der Waals surface area contributed by atoms with Gasteiger partial charge in [-0.25, -0.2) is 4.79 Å². The first-order valence-electron chi connectivity index (χ1n) is 8.78. The van der Waals surface area contributed by atoms with Crippen LogP contribution in [0.1, 0.15) is 24.1 Å². The van der Waals surface area contributed by atoms with Gasteiger partial charge in [-0.3, -0.25) is 0 Å². The van der Waals surface area contributed by atoms with Crippen molar-refractivity contribution in [3.63, 3.8) is 0 Å². The predicted octanol–water partition coefficient (Wildman–Crippen LogP) is 2.71. The zero-order valence-corrected chi connectivity index (χ0v) is 15.5. The molecule has 8 heteroatoms. The number of anilines is 1. The number of rotatable bonds is 5. The Morgan fingerprint density at radius 1 is 1.14 bits per heavy atom. The molecular weight excluding hydrogens is 358 g/mol. The van der Waals surface area contributed by atoms with Crippen LogP contribution in [0.5, 0.6) is 5.75 Å². The fourth-order valence-corrected chi connectivity index (χ4v) is 3.17. The smallest absolute Gasteiger partial charge is 0.338 e. The second-order valence-electron chi connectivity index (χ2n) is 6.35. The number of carbonyl (C=O) groups excluding carboxylic acids is 1. The van der Waals surface area contributed by atoms with Gasteiger partial charge in [-0.2, -0.15) is 4.68 Å². The molecule has 0 saturated heterocycles. The molecule has 0 fully saturated rings. The van der Waals surface area contributed by atoms with Crippen molar-refractivity contribution in [3.05, 3.63) is 77.0 Å². The first-order valence-corrected chi connectivity index (χ1v) is 8.78. The number of methoxy groups -OCH3 is 1. The fourth-order valence-electron chi connectivity index (χ4n) is 3.17. The van der Waals surface area contributed by atoms with E-state index in [9.17, 15) is 4.79 Å². The number of nitrogens with zero attached hydrogens (tertiary/aromatic N) is 4. The van der Waals surface area contributed by atoms with Crippen molar-refractivity contribution in [2.45, 2.75) is 19.6 Å². The monoisotopic (exact) mass is 377 g/mol. The minimum atomic E-state index is -0.500. The molecule has 1 aliphatic rings. The van der Waals surface area contributed by atoms with Crippen LogP contribution in [0.4, 0.5) is 5.95 Å². The number of allylic oxidation sites excluding steroid dienone is 1. The Kier molecular flexibility index (Phi) is 4.76. The molecule has 1 aromatic heterocycles. The van der Waals surface area contributed by atoms with Gasteiger partial charge in [0, 0.05) is 5.70 Å². The van der Waals surface area contributed by atoms with Crippen LogP contribution in [0.25, 0.3) is 0 Å². The van der Waals surface area contributed by atoms with E-state index in [0.29, 0.717) is 17.2 Å². The van der Waals surface area contributed by atoms with Crippen LogP contribution in [0.3, 0.4) is 0 Å². The van der Waals surface area contributed by atoms with Gasteiger partial charge in [0.15, 0.2) is 0 Å². The van der Waals surface area contributed by atoms with E-state index in [1.165, 1.54) is 0 Å². The molecule has 2 aromatic carbocycles. The lowest BCUT2D eigenvalue weighted by Crippen LogP contribution is -2.29. The third kappa shape index (κ3) is 3.32. The molecule has 1 unspecified atom stereocenters. The molecule has 1 atom stereocenters. The third-order valence-corrected chi connectivity index (χ3v) is 4.58. The summed E-state index contributed by atoms with van der Waals surface area (Å²) in [7, 11) is 1.61. The summed E-state index contributed by atoms with van der Waals surface area (Å²) in [5, 5.41) is 14.9. The fraction of sp³-hybridized carbons (Fsp3) is 0.200. The highest BCUT2D eigenvalue weighted by Gasteiger charge is 2.34. The summed E-state index contributed by atoms with van der Waals surface area (Å²) < 4.78 is 12.4. The maximum atomic E-state index is 13.0. The molecule has 0 saturated carbocycles.